The first kappa shape index (κ1) is 16.7. The summed E-state index contributed by atoms with van der Waals surface area (Å²) in [5.41, 5.74) is 1.34. The third-order valence-corrected chi connectivity index (χ3v) is 3.68. The van der Waals surface area contributed by atoms with Crippen molar-refractivity contribution >= 4 is 6.03 Å². The minimum absolute atomic E-state index is 0.00572. The Morgan fingerprint density at radius 2 is 1.92 bits per heavy atom. The van der Waals surface area contributed by atoms with E-state index in [1.165, 1.54) is 25.3 Å². The third kappa shape index (κ3) is 4.93. The van der Waals surface area contributed by atoms with E-state index in [4.69, 9.17) is 8.83 Å². The summed E-state index contributed by atoms with van der Waals surface area (Å²) in [6, 6.07) is 1.67. The minimum Gasteiger partial charge on any atom is -0.451 e. The second kappa shape index (κ2) is 8.13. The summed E-state index contributed by atoms with van der Waals surface area (Å²) >= 11 is 0. The van der Waals surface area contributed by atoms with Crippen LogP contribution < -0.4 is 5.32 Å². The van der Waals surface area contributed by atoms with Crippen LogP contribution in [0.25, 0.3) is 0 Å². The second-order valence-electron chi connectivity index (χ2n) is 5.72. The Morgan fingerprint density at radius 3 is 2.44 bits per heavy atom. The van der Waals surface area contributed by atoms with Crippen molar-refractivity contribution in [3.8, 4) is 0 Å². The number of oxazole rings is 2. The van der Waals surface area contributed by atoms with Crippen LogP contribution in [-0.2, 0) is 19.6 Å². The van der Waals surface area contributed by atoms with Crippen LogP contribution in [0.5, 0.6) is 0 Å². The predicted molar refractivity (Wildman–Crippen MR) is 87.1 cm³/mol. The summed E-state index contributed by atoms with van der Waals surface area (Å²) < 4.78 is 11.8. The zero-order valence-corrected chi connectivity index (χ0v) is 13.9. The van der Waals surface area contributed by atoms with Gasteiger partial charge in [-0.15, -0.1) is 0 Å². The Kier molecular flexibility index (Phi) is 5.45. The van der Waals surface area contributed by atoms with E-state index in [2.05, 4.69) is 20.4 Å². The summed E-state index contributed by atoms with van der Waals surface area (Å²) in [6.07, 6.45) is 10.1. The minimum atomic E-state index is -0.195. The molecule has 2 amide bonds. The highest BCUT2D eigenvalue weighted by molar-refractivity contribution is 5.74. The summed E-state index contributed by atoms with van der Waals surface area (Å²) in [5.74, 6) is 0. The van der Waals surface area contributed by atoms with Crippen LogP contribution >= 0.6 is 0 Å². The lowest BCUT2D eigenvalue weighted by molar-refractivity contribution is 0.186. The number of nitrogens with one attached hydrogen (secondary N) is 1. The first-order chi connectivity index (χ1) is 12.2. The van der Waals surface area contributed by atoms with E-state index in [1.807, 2.05) is 23.9 Å². The molecule has 9 nitrogen and oxygen atoms in total. The highest BCUT2D eigenvalue weighted by Crippen LogP contribution is 2.09. The van der Waals surface area contributed by atoms with Gasteiger partial charge in [0.2, 0.25) is 0 Å². The van der Waals surface area contributed by atoms with Gasteiger partial charge in [-0.05, 0) is 19.4 Å². The summed E-state index contributed by atoms with van der Waals surface area (Å²) in [5, 5.41) is 7.15. The van der Waals surface area contributed by atoms with Gasteiger partial charge in [-0.3, -0.25) is 4.68 Å². The Hall–Kier alpha value is -3.10. The fourth-order valence-corrected chi connectivity index (χ4v) is 2.35. The van der Waals surface area contributed by atoms with Gasteiger partial charge in [0.05, 0.1) is 24.5 Å². The number of hydrogen-bond donors (Lipinski definition) is 1. The van der Waals surface area contributed by atoms with E-state index in [0.29, 0.717) is 24.5 Å². The van der Waals surface area contributed by atoms with Crippen molar-refractivity contribution in [3.05, 3.63) is 55.2 Å². The van der Waals surface area contributed by atoms with Crippen LogP contribution in [0.3, 0.4) is 0 Å². The van der Waals surface area contributed by atoms with Crippen molar-refractivity contribution < 1.29 is 13.6 Å². The normalized spacial score (nSPS) is 12.0. The molecule has 9 heteroatoms. The van der Waals surface area contributed by atoms with Gasteiger partial charge in [-0.25, -0.2) is 14.8 Å². The van der Waals surface area contributed by atoms with Crippen molar-refractivity contribution in [3.63, 3.8) is 0 Å². The predicted octanol–water partition coefficient (Wildman–Crippen LogP) is 2.05. The molecule has 0 aliphatic heterocycles. The number of amides is 2. The molecule has 0 saturated carbocycles. The fraction of sp³-hybridized carbons (Fsp3) is 0.375. The number of carbonyl (C=O) groups excluding carboxylic acids is 1. The molecule has 132 valence electrons. The van der Waals surface area contributed by atoms with Gasteiger partial charge < -0.3 is 19.1 Å². The molecule has 0 radical (unpaired) electrons. The van der Waals surface area contributed by atoms with E-state index < -0.39 is 0 Å². The first-order valence-electron chi connectivity index (χ1n) is 7.97. The standard InChI is InChI=1S/C16H20N6O3/c1-13(3-6-22-5-2-4-19-22)20-16(23)21(7-14-9-24-11-17-14)8-15-10-25-12-18-15/h2,4-5,9-13H,3,6-8H2,1H3,(H,20,23)/t13-/m0/s1. The molecule has 3 heterocycles. The van der Waals surface area contributed by atoms with Crippen LogP contribution in [0.4, 0.5) is 4.79 Å². The summed E-state index contributed by atoms with van der Waals surface area (Å²) in [7, 11) is 0. The molecule has 0 fully saturated rings. The number of aromatic nitrogens is 4. The van der Waals surface area contributed by atoms with Crippen molar-refractivity contribution in [1.29, 1.82) is 0 Å². The molecule has 0 aromatic carbocycles. The second-order valence-corrected chi connectivity index (χ2v) is 5.72. The van der Waals surface area contributed by atoms with Crippen molar-refractivity contribution in [1.82, 2.24) is 30.0 Å². The lowest BCUT2D eigenvalue weighted by atomic mass is 10.2. The SMILES string of the molecule is C[C@@H](CCn1cccn1)NC(=O)N(Cc1cocn1)Cc1cocn1. The number of aryl methyl sites for hydroxylation is 1. The van der Waals surface area contributed by atoms with Crippen LogP contribution in [-0.4, -0.2) is 36.7 Å². The molecule has 0 unspecified atom stereocenters. The van der Waals surface area contributed by atoms with E-state index in [9.17, 15) is 4.79 Å². The molecule has 0 saturated heterocycles. The van der Waals surface area contributed by atoms with Gasteiger partial charge in [0.1, 0.15) is 12.5 Å². The van der Waals surface area contributed by atoms with Gasteiger partial charge in [-0.1, -0.05) is 0 Å². The number of urea groups is 1. The highest BCUT2D eigenvalue weighted by Gasteiger charge is 2.19. The Labute approximate surface area is 144 Å². The third-order valence-electron chi connectivity index (χ3n) is 3.68. The lowest BCUT2D eigenvalue weighted by Crippen LogP contribution is -2.43. The van der Waals surface area contributed by atoms with Crippen molar-refractivity contribution in [2.45, 2.75) is 39.0 Å². The molecule has 1 atom stereocenters. The van der Waals surface area contributed by atoms with E-state index in [-0.39, 0.29) is 12.1 Å². The summed E-state index contributed by atoms with van der Waals surface area (Å²) in [6.45, 7) is 3.34. The van der Waals surface area contributed by atoms with Gasteiger partial charge >= 0.3 is 6.03 Å². The largest absolute Gasteiger partial charge is 0.451 e. The van der Waals surface area contributed by atoms with E-state index >= 15 is 0 Å². The Morgan fingerprint density at radius 1 is 1.24 bits per heavy atom. The molecular weight excluding hydrogens is 324 g/mol. The zero-order chi connectivity index (χ0) is 17.5. The van der Waals surface area contributed by atoms with Crippen LogP contribution in [0.1, 0.15) is 24.7 Å². The average molecular weight is 344 g/mol. The maximum atomic E-state index is 12.6. The monoisotopic (exact) mass is 344 g/mol. The molecule has 25 heavy (non-hydrogen) atoms. The topological polar surface area (TPSA) is 102 Å². The molecule has 0 aliphatic carbocycles. The van der Waals surface area contributed by atoms with Crippen molar-refractivity contribution in [2.75, 3.05) is 0 Å². The van der Waals surface area contributed by atoms with Crippen LogP contribution in [0, 0.1) is 0 Å². The average Bonchev–Trinajstić information content (AvgIpc) is 3.35. The molecular formula is C16H20N6O3. The Bertz CT molecular complexity index is 703. The van der Waals surface area contributed by atoms with Gasteiger partial charge in [0, 0.05) is 25.0 Å². The molecule has 3 aromatic rings. The molecule has 0 aliphatic rings. The van der Waals surface area contributed by atoms with Gasteiger partial charge in [0.25, 0.3) is 0 Å². The molecule has 3 aromatic heterocycles. The smallest absolute Gasteiger partial charge is 0.318 e. The van der Waals surface area contributed by atoms with E-state index in [0.717, 1.165) is 13.0 Å². The van der Waals surface area contributed by atoms with Gasteiger partial charge in [-0.2, -0.15) is 5.10 Å². The van der Waals surface area contributed by atoms with Crippen molar-refractivity contribution in [2.24, 2.45) is 0 Å². The number of rotatable bonds is 8. The first-order valence-corrected chi connectivity index (χ1v) is 7.97. The number of carbonyl (C=O) groups is 1. The molecule has 3 rings (SSSR count). The molecule has 0 spiro atoms. The maximum absolute atomic E-state index is 12.6. The van der Waals surface area contributed by atoms with Crippen LogP contribution in [0.15, 0.2) is 52.6 Å². The lowest BCUT2D eigenvalue weighted by Gasteiger charge is -2.23. The quantitative estimate of drug-likeness (QED) is 0.671. The Balaban J connectivity index is 1.57. The van der Waals surface area contributed by atoms with E-state index in [1.54, 1.807) is 11.1 Å². The number of hydrogen-bond acceptors (Lipinski definition) is 6. The highest BCUT2D eigenvalue weighted by atomic mass is 16.3. The molecule has 1 N–H and O–H groups in total. The molecule has 0 bridgehead atoms. The van der Waals surface area contributed by atoms with Crippen LogP contribution in [0.2, 0.25) is 0 Å². The fourth-order valence-electron chi connectivity index (χ4n) is 2.35. The van der Waals surface area contributed by atoms with Gasteiger partial charge in [0.15, 0.2) is 12.8 Å². The number of nitrogens with zero attached hydrogens (tertiary/aromatic N) is 5. The zero-order valence-electron chi connectivity index (χ0n) is 13.9. The maximum Gasteiger partial charge on any atom is 0.318 e. The summed E-state index contributed by atoms with van der Waals surface area (Å²) in [4.78, 5) is 22.4.